The summed E-state index contributed by atoms with van der Waals surface area (Å²) in [4.78, 5) is 15.1. The molecule has 1 amide bonds. The predicted molar refractivity (Wildman–Crippen MR) is 96.9 cm³/mol. The number of rotatable bonds is 6. The number of allylic oxidation sites excluding steroid dienone is 1. The standard InChI is InChI=1S/C16H20N4O3S/c1-11(2)16(21)19-13-6-8-14(9-7-13)24(22,23)20-15(18-5)10-12(3)17-4/h6-10,17H,1,5H2,2-4H3,(H,19,21). The summed E-state index contributed by atoms with van der Waals surface area (Å²) in [5, 5.41) is 5.43. The molecule has 0 saturated heterocycles. The molecule has 0 atom stereocenters. The maximum absolute atomic E-state index is 12.3. The SMILES string of the molecule is C=NC(C=C(C)NC)=NS(=O)(=O)c1ccc(NC(=O)C(=C)C)cc1. The van der Waals surface area contributed by atoms with Crippen LogP contribution in [0, 0.1) is 0 Å². The van der Waals surface area contributed by atoms with Crippen LogP contribution in [-0.2, 0) is 14.8 Å². The van der Waals surface area contributed by atoms with Gasteiger partial charge in [0.2, 0.25) is 0 Å². The summed E-state index contributed by atoms with van der Waals surface area (Å²) in [5.41, 5.74) is 1.50. The molecule has 0 radical (unpaired) electrons. The van der Waals surface area contributed by atoms with E-state index >= 15 is 0 Å². The fourth-order valence-electron chi connectivity index (χ4n) is 1.49. The Labute approximate surface area is 142 Å². The minimum Gasteiger partial charge on any atom is -0.392 e. The second-order valence-electron chi connectivity index (χ2n) is 4.92. The lowest BCUT2D eigenvalue weighted by Crippen LogP contribution is -2.11. The monoisotopic (exact) mass is 348 g/mol. The Bertz CT molecular complexity index is 806. The molecule has 24 heavy (non-hydrogen) atoms. The first-order valence-corrected chi connectivity index (χ1v) is 8.38. The molecule has 0 unspecified atom stereocenters. The maximum Gasteiger partial charge on any atom is 0.284 e. The van der Waals surface area contributed by atoms with Crippen molar-refractivity contribution < 1.29 is 13.2 Å². The molecule has 0 bridgehead atoms. The number of nitrogens with zero attached hydrogens (tertiary/aromatic N) is 2. The Morgan fingerprint density at radius 2 is 1.79 bits per heavy atom. The molecule has 0 saturated carbocycles. The molecular formula is C16H20N4O3S. The van der Waals surface area contributed by atoms with Crippen molar-refractivity contribution in [3.63, 3.8) is 0 Å². The number of hydrogen-bond acceptors (Lipinski definition) is 4. The van der Waals surface area contributed by atoms with Crippen molar-refractivity contribution in [1.29, 1.82) is 0 Å². The molecule has 128 valence electrons. The molecular weight excluding hydrogens is 328 g/mol. The van der Waals surface area contributed by atoms with Gasteiger partial charge in [0.05, 0.1) is 4.90 Å². The molecule has 0 aliphatic carbocycles. The van der Waals surface area contributed by atoms with Crippen LogP contribution >= 0.6 is 0 Å². The Hall–Kier alpha value is -2.74. The number of anilines is 1. The smallest absolute Gasteiger partial charge is 0.284 e. The molecule has 0 spiro atoms. The van der Waals surface area contributed by atoms with Gasteiger partial charge >= 0.3 is 0 Å². The van der Waals surface area contributed by atoms with Gasteiger partial charge in [-0.3, -0.25) is 4.79 Å². The van der Waals surface area contributed by atoms with Crippen molar-refractivity contribution in [3.05, 3.63) is 48.2 Å². The van der Waals surface area contributed by atoms with Crippen LogP contribution in [0.15, 0.2) is 62.5 Å². The summed E-state index contributed by atoms with van der Waals surface area (Å²) < 4.78 is 28.2. The van der Waals surface area contributed by atoms with Crippen LogP contribution in [0.25, 0.3) is 0 Å². The Balaban J connectivity index is 3.09. The van der Waals surface area contributed by atoms with Gasteiger partial charge in [-0.05, 0) is 44.8 Å². The Kier molecular flexibility index (Phi) is 6.60. The van der Waals surface area contributed by atoms with E-state index in [1.807, 2.05) is 0 Å². The quantitative estimate of drug-likeness (QED) is 0.467. The van der Waals surface area contributed by atoms with Crippen molar-refractivity contribution >= 4 is 34.2 Å². The van der Waals surface area contributed by atoms with Gasteiger partial charge in [-0.25, -0.2) is 4.99 Å². The van der Waals surface area contributed by atoms with Crippen LogP contribution in [0.2, 0.25) is 0 Å². The summed E-state index contributed by atoms with van der Waals surface area (Å²) in [5.74, 6) is -0.365. The third kappa shape index (κ3) is 5.47. The first-order chi connectivity index (χ1) is 11.2. The van der Waals surface area contributed by atoms with Gasteiger partial charge in [0.25, 0.3) is 15.9 Å². The summed E-state index contributed by atoms with van der Waals surface area (Å²) in [7, 11) is -2.24. The number of amidine groups is 1. The van der Waals surface area contributed by atoms with Crippen molar-refractivity contribution in [1.82, 2.24) is 5.32 Å². The minimum absolute atomic E-state index is 0.0208. The first-order valence-electron chi connectivity index (χ1n) is 6.94. The number of aliphatic imine (C=N–C) groups is 1. The average molecular weight is 348 g/mol. The highest BCUT2D eigenvalue weighted by atomic mass is 32.2. The fourth-order valence-corrected chi connectivity index (χ4v) is 2.43. The zero-order valence-electron chi connectivity index (χ0n) is 13.8. The molecule has 0 aliphatic rings. The van der Waals surface area contributed by atoms with E-state index in [4.69, 9.17) is 0 Å². The van der Waals surface area contributed by atoms with Gasteiger partial charge in [-0.15, -0.1) is 4.40 Å². The number of carbonyl (C=O) groups is 1. The van der Waals surface area contributed by atoms with E-state index in [1.54, 1.807) is 20.9 Å². The van der Waals surface area contributed by atoms with Gasteiger partial charge in [0.15, 0.2) is 5.84 Å². The molecule has 2 N–H and O–H groups in total. The maximum atomic E-state index is 12.3. The highest BCUT2D eigenvalue weighted by Crippen LogP contribution is 2.17. The van der Waals surface area contributed by atoms with Crippen molar-refractivity contribution in [2.75, 3.05) is 12.4 Å². The predicted octanol–water partition coefficient (Wildman–Crippen LogP) is 2.11. The Morgan fingerprint density at radius 1 is 1.21 bits per heavy atom. The molecule has 8 heteroatoms. The van der Waals surface area contributed by atoms with E-state index in [0.717, 1.165) is 0 Å². The second kappa shape index (κ2) is 8.21. The lowest BCUT2D eigenvalue weighted by atomic mass is 10.3. The number of hydrogen-bond donors (Lipinski definition) is 2. The highest BCUT2D eigenvalue weighted by Gasteiger charge is 2.14. The van der Waals surface area contributed by atoms with Gasteiger partial charge in [-0.1, -0.05) is 6.58 Å². The van der Waals surface area contributed by atoms with Gasteiger partial charge in [-0.2, -0.15) is 8.42 Å². The van der Waals surface area contributed by atoms with Gasteiger partial charge in [0.1, 0.15) is 0 Å². The van der Waals surface area contributed by atoms with Crippen molar-refractivity contribution in [2.45, 2.75) is 18.7 Å². The van der Waals surface area contributed by atoms with Gasteiger partial charge < -0.3 is 10.6 Å². The van der Waals surface area contributed by atoms with Crippen LogP contribution in [0.3, 0.4) is 0 Å². The molecule has 0 fully saturated rings. The van der Waals surface area contributed by atoms with Crippen LogP contribution in [0.4, 0.5) is 5.69 Å². The zero-order valence-corrected chi connectivity index (χ0v) is 14.6. The van der Waals surface area contributed by atoms with E-state index in [9.17, 15) is 13.2 Å². The number of nitrogens with one attached hydrogen (secondary N) is 2. The molecule has 1 rings (SSSR count). The topological polar surface area (TPSA) is 100.0 Å². The minimum atomic E-state index is -3.94. The van der Waals surface area contributed by atoms with Crippen LogP contribution in [0.1, 0.15) is 13.8 Å². The first kappa shape index (κ1) is 19.3. The highest BCUT2D eigenvalue weighted by molar-refractivity contribution is 7.90. The second-order valence-corrected chi connectivity index (χ2v) is 6.52. The third-order valence-electron chi connectivity index (χ3n) is 2.91. The van der Waals surface area contributed by atoms with Crippen LogP contribution in [-0.4, -0.2) is 33.9 Å². The summed E-state index contributed by atoms with van der Waals surface area (Å²) in [6.07, 6.45) is 1.46. The van der Waals surface area contributed by atoms with E-state index in [2.05, 4.69) is 33.3 Å². The lowest BCUT2D eigenvalue weighted by molar-refractivity contribution is -0.112. The molecule has 0 heterocycles. The molecule has 7 nitrogen and oxygen atoms in total. The van der Waals surface area contributed by atoms with E-state index in [0.29, 0.717) is 17.0 Å². The average Bonchev–Trinajstić information content (AvgIpc) is 2.54. The van der Waals surface area contributed by atoms with Crippen LogP contribution in [0.5, 0.6) is 0 Å². The van der Waals surface area contributed by atoms with Crippen molar-refractivity contribution in [2.24, 2.45) is 9.39 Å². The number of sulfonamides is 1. The van der Waals surface area contributed by atoms with Crippen molar-refractivity contribution in [3.8, 4) is 0 Å². The molecule has 0 aromatic heterocycles. The Morgan fingerprint density at radius 3 is 2.25 bits per heavy atom. The molecule has 0 aliphatic heterocycles. The van der Waals surface area contributed by atoms with Crippen LogP contribution < -0.4 is 10.6 Å². The molecule has 1 aromatic rings. The number of carbonyl (C=O) groups excluding carboxylic acids is 1. The molecule has 1 aromatic carbocycles. The number of benzene rings is 1. The summed E-state index contributed by atoms with van der Waals surface area (Å²) in [6.45, 7) is 10.2. The fraction of sp³-hybridized carbons (Fsp3) is 0.188. The summed E-state index contributed by atoms with van der Waals surface area (Å²) in [6, 6.07) is 5.64. The number of amides is 1. The summed E-state index contributed by atoms with van der Waals surface area (Å²) >= 11 is 0. The van der Waals surface area contributed by atoms with E-state index in [-0.39, 0.29) is 16.6 Å². The zero-order chi connectivity index (χ0) is 18.3. The lowest BCUT2D eigenvalue weighted by Gasteiger charge is -2.06. The third-order valence-corrected chi connectivity index (χ3v) is 4.21. The van der Waals surface area contributed by atoms with E-state index in [1.165, 1.54) is 30.3 Å². The van der Waals surface area contributed by atoms with E-state index < -0.39 is 10.0 Å². The normalized spacial score (nSPS) is 12.5. The largest absolute Gasteiger partial charge is 0.392 e. The van der Waals surface area contributed by atoms with Gasteiger partial charge in [0, 0.05) is 30.1 Å².